The van der Waals surface area contributed by atoms with Gasteiger partial charge in [-0.05, 0) is 19.1 Å². The van der Waals surface area contributed by atoms with E-state index in [1.807, 2.05) is 11.8 Å². The highest BCUT2D eigenvalue weighted by molar-refractivity contribution is 8.00. The van der Waals surface area contributed by atoms with Gasteiger partial charge >= 0.3 is 5.97 Å². The molecule has 0 aromatic heterocycles. The van der Waals surface area contributed by atoms with Crippen LogP contribution < -0.4 is 5.32 Å². The molecule has 1 unspecified atom stereocenters. The molecule has 1 atom stereocenters. The molecule has 0 aliphatic heterocycles. The van der Waals surface area contributed by atoms with Gasteiger partial charge in [0.2, 0.25) is 0 Å². The molecule has 1 aliphatic carbocycles. The van der Waals surface area contributed by atoms with Crippen molar-refractivity contribution in [2.45, 2.75) is 30.1 Å². The van der Waals surface area contributed by atoms with Crippen molar-refractivity contribution in [2.75, 3.05) is 19.3 Å². The Bertz CT molecular complexity index is 206. The van der Waals surface area contributed by atoms with E-state index in [1.165, 1.54) is 12.8 Å². The second-order valence-corrected chi connectivity index (χ2v) is 5.04. The Morgan fingerprint density at radius 1 is 1.64 bits per heavy atom. The molecule has 1 aliphatic rings. The van der Waals surface area contributed by atoms with E-state index < -0.39 is 12.1 Å². The lowest BCUT2D eigenvalue weighted by molar-refractivity contribution is -0.139. The number of aliphatic hydroxyl groups excluding tert-OH is 1. The maximum atomic E-state index is 10.2. The number of nitrogens with one attached hydrogen (secondary N) is 1. The quantitative estimate of drug-likeness (QED) is 0.575. The predicted molar refractivity (Wildman–Crippen MR) is 56.6 cm³/mol. The molecule has 0 heterocycles. The number of hydrogen-bond acceptors (Lipinski definition) is 4. The number of aliphatic carboxylic acids is 1. The fraction of sp³-hybridized carbons (Fsp3) is 0.889. The molecule has 0 aromatic carbocycles. The van der Waals surface area contributed by atoms with Crippen LogP contribution in [0.5, 0.6) is 0 Å². The maximum absolute atomic E-state index is 10.2. The summed E-state index contributed by atoms with van der Waals surface area (Å²) in [6, 6.07) is 0. The van der Waals surface area contributed by atoms with Gasteiger partial charge in [-0.15, -0.1) is 0 Å². The highest BCUT2D eigenvalue weighted by atomic mass is 32.2. The molecule has 82 valence electrons. The zero-order valence-electron chi connectivity index (χ0n) is 8.32. The molecule has 0 aromatic rings. The Balaban J connectivity index is 2.06. The molecule has 1 rings (SSSR count). The van der Waals surface area contributed by atoms with Crippen LogP contribution in [0.2, 0.25) is 0 Å². The molecule has 5 heteroatoms. The van der Waals surface area contributed by atoms with Gasteiger partial charge in [0.15, 0.2) is 0 Å². The molecule has 1 saturated carbocycles. The minimum absolute atomic E-state index is 0.181. The van der Waals surface area contributed by atoms with Crippen molar-refractivity contribution >= 4 is 17.7 Å². The minimum atomic E-state index is -0.953. The lowest BCUT2D eigenvalue weighted by Gasteiger charge is -2.14. The van der Waals surface area contributed by atoms with Gasteiger partial charge in [0, 0.05) is 17.8 Å². The van der Waals surface area contributed by atoms with E-state index in [0.717, 1.165) is 6.54 Å². The van der Waals surface area contributed by atoms with Gasteiger partial charge in [-0.3, -0.25) is 4.79 Å². The maximum Gasteiger partial charge on any atom is 0.306 e. The summed E-state index contributed by atoms with van der Waals surface area (Å²) in [6.45, 7) is 1.24. The van der Waals surface area contributed by atoms with Gasteiger partial charge in [-0.2, -0.15) is 11.8 Å². The topological polar surface area (TPSA) is 69.6 Å². The van der Waals surface area contributed by atoms with E-state index in [0.29, 0.717) is 11.3 Å². The SMILES string of the molecule is CSC1(CNCC(O)CC(=O)O)CC1. The molecular weight excluding hydrogens is 202 g/mol. The summed E-state index contributed by atoms with van der Waals surface area (Å²) < 4.78 is 0.364. The third-order valence-electron chi connectivity index (χ3n) is 2.48. The van der Waals surface area contributed by atoms with Crippen molar-refractivity contribution in [3.8, 4) is 0 Å². The molecule has 0 saturated heterocycles. The van der Waals surface area contributed by atoms with Gasteiger partial charge in [-0.25, -0.2) is 0 Å². The standard InChI is InChI=1S/C9H17NO3S/c1-14-9(2-3-9)6-10-5-7(11)4-8(12)13/h7,10-11H,2-6H2,1H3,(H,12,13). The summed E-state index contributed by atoms with van der Waals surface area (Å²) in [4.78, 5) is 10.2. The lowest BCUT2D eigenvalue weighted by Crippen LogP contribution is -2.33. The first-order valence-corrected chi connectivity index (χ1v) is 5.96. The van der Waals surface area contributed by atoms with Crippen LogP contribution in [0.15, 0.2) is 0 Å². The number of thioether (sulfide) groups is 1. The second-order valence-electron chi connectivity index (χ2n) is 3.77. The Labute approximate surface area is 88.1 Å². The number of carbonyl (C=O) groups is 1. The zero-order valence-corrected chi connectivity index (χ0v) is 9.14. The zero-order chi connectivity index (χ0) is 10.6. The number of carboxylic acids is 1. The number of hydrogen-bond donors (Lipinski definition) is 3. The molecule has 0 spiro atoms. The smallest absolute Gasteiger partial charge is 0.306 e. The van der Waals surface area contributed by atoms with Crippen LogP contribution in [-0.2, 0) is 4.79 Å². The van der Waals surface area contributed by atoms with Crippen LogP contribution >= 0.6 is 11.8 Å². The van der Waals surface area contributed by atoms with Gasteiger partial charge in [-0.1, -0.05) is 0 Å². The van der Waals surface area contributed by atoms with Gasteiger partial charge in [0.1, 0.15) is 0 Å². The van der Waals surface area contributed by atoms with E-state index in [9.17, 15) is 9.90 Å². The van der Waals surface area contributed by atoms with Crippen LogP contribution in [-0.4, -0.2) is 46.4 Å². The molecule has 1 fully saturated rings. The molecule has 4 nitrogen and oxygen atoms in total. The average Bonchev–Trinajstić information content (AvgIpc) is 2.84. The van der Waals surface area contributed by atoms with E-state index in [-0.39, 0.29) is 6.42 Å². The van der Waals surface area contributed by atoms with Crippen molar-refractivity contribution < 1.29 is 15.0 Å². The normalized spacial score (nSPS) is 20.4. The summed E-state index contributed by atoms with van der Waals surface area (Å²) in [5, 5.41) is 20.8. The van der Waals surface area contributed by atoms with Crippen LogP contribution in [0.25, 0.3) is 0 Å². The largest absolute Gasteiger partial charge is 0.481 e. The van der Waals surface area contributed by atoms with E-state index in [2.05, 4.69) is 11.6 Å². The molecule has 0 radical (unpaired) electrons. The number of rotatable bonds is 7. The van der Waals surface area contributed by atoms with Crippen LogP contribution in [0.4, 0.5) is 0 Å². The van der Waals surface area contributed by atoms with Crippen molar-refractivity contribution in [1.82, 2.24) is 5.32 Å². The van der Waals surface area contributed by atoms with E-state index in [4.69, 9.17) is 5.11 Å². The second kappa shape index (κ2) is 5.00. The first-order valence-electron chi connectivity index (χ1n) is 4.74. The minimum Gasteiger partial charge on any atom is -0.481 e. The van der Waals surface area contributed by atoms with Crippen LogP contribution in [0.1, 0.15) is 19.3 Å². The molecule has 0 bridgehead atoms. The first-order chi connectivity index (χ1) is 6.58. The predicted octanol–water partition coefficient (Wildman–Crippen LogP) is 0.307. The Kier molecular flexibility index (Phi) is 4.22. The monoisotopic (exact) mass is 219 g/mol. The van der Waals surface area contributed by atoms with Crippen molar-refractivity contribution in [2.24, 2.45) is 0 Å². The van der Waals surface area contributed by atoms with Crippen LogP contribution in [0, 0.1) is 0 Å². The summed E-state index contributed by atoms with van der Waals surface area (Å²) in [5.41, 5.74) is 0. The van der Waals surface area contributed by atoms with E-state index in [1.54, 1.807) is 0 Å². The summed E-state index contributed by atoms with van der Waals surface area (Å²) in [5.74, 6) is -0.953. The van der Waals surface area contributed by atoms with Gasteiger partial charge < -0.3 is 15.5 Å². The highest BCUT2D eigenvalue weighted by Crippen LogP contribution is 2.46. The summed E-state index contributed by atoms with van der Waals surface area (Å²) in [6.07, 6.45) is 3.57. The molecule has 14 heavy (non-hydrogen) atoms. The summed E-state index contributed by atoms with van der Waals surface area (Å²) in [7, 11) is 0. The molecule has 3 N–H and O–H groups in total. The third kappa shape index (κ3) is 3.86. The summed E-state index contributed by atoms with van der Waals surface area (Å²) >= 11 is 1.84. The van der Waals surface area contributed by atoms with E-state index >= 15 is 0 Å². The fourth-order valence-corrected chi connectivity index (χ4v) is 2.09. The van der Waals surface area contributed by atoms with Crippen molar-refractivity contribution in [3.05, 3.63) is 0 Å². The highest BCUT2D eigenvalue weighted by Gasteiger charge is 2.41. The van der Waals surface area contributed by atoms with Crippen LogP contribution in [0.3, 0.4) is 0 Å². The Morgan fingerprint density at radius 2 is 2.29 bits per heavy atom. The fourth-order valence-electron chi connectivity index (χ4n) is 1.33. The number of carboxylic acid groups (broad SMARTS) is 1. The Hall–Kier alpha value is -0.260. The third-order valence-corrected chi connectivity index (χ3v) is 3.90. The Morgan fingerprint density at radius 3 is 2.71 bits per heavy atom. The lowest BCUT2D eigenvalue weighted by atomic mass is 10.2. The molecule has 0 amide bonds. The first kappa shape index (κ1) is 11.8. The van der Waals surface area contributed by atoms with Gasteiger partial charge in [0.05, 0.1) is 12.5 Å². The average molecular weight is 219 g/mol. The van der Waals surface area contributed by atoms with Crippen molar-refractivity contribution in [3.63, 3.8) is 0 Å². The van der Waals surface area contributed by atoms with Gasteiger partial charge in [0.25, 0.3) is 0 Å². The molecular formula is C9H17NO3S. The number of aliphatic hydroxyl groups is 1. The van der Waals surface area contributed by atoms with Crippen molar-refractivity contribution in [1.29, 1.82) is 0 Å².